The van der Waals surface area contributed by atoms with Crippen molar-refractivity contribution in [3.63, 3.8) is 0 Å². The van der Waals surface area contributed by atoms with Crippen molar-refractivity contribution >= 4 is 11.9 Å². The fourth-order valence-corrected chi connectivity index (χ4v) is 3.20. The second-order valence-electron chi connectivity index (χ2n) is 6.78. The number of carboxylic acids is 1. The van der Waals surface area contributed by atoms with Crippen LogP contribution >= 0.6 is 0 Å². The van der Waals surface area contributed by atoms with E-state index in [0.717, 1.165) is 11.3 Å². The van der Waals surface area contributed by atoms with Gasteiger partial charge in [-0.2, -0.15) is 0 Å². The van der Waals surface area contributed by atoms with Gasteiger partial charge >= 0.3 is 5.97 Å². The van der Waals surface area contributed by atoms with E-state index in [1.807, 2.05) is 36.4 Å². The predicted octanol–water partition coefficient (Wildman–Crippen LogP) is 2.66. The van der Waals surface area contributed by atoms with Crippen LogP contribution in [0.5, 0.6) is 11.6 Å². The number of carbonyl (C=O) groups is 2. The van der Waals surface area contributed by atoms with Crippen LogP contribution in [0.15, 0.2) is 48.7 Å². The third kappa shape index (κ3) is 5.70. The molecule has 148 valence electrons. The molecule has 1 aliphatic carbocycles. The summed E-state index contributed by atoms with van der Waals surface area (Å²) in [6.45, 7) is 1.16. The number of pyridine rings is 1. The average molecular weight is 384 g/mol. The summed E-state index contributed by atoms with van der Waals surface area (Å²) in [6, 6.07) is 13.1. The van der Waals surface area contributed by atoms with Gasteiger partial charge in [0.15, 0.2) is 0 Å². The van der Waals surface area contributed by atoms with E-state index in [1.165, 1.54) is 0 Å². The number of aliphatic carboxylic acids is 1. The Labute approximate surface area is 163 Å². The molecule has 0 spiro atoms. The molecule has 1 fully saturated rings. The maximum Gasteiger partial charge on any atom is 0.306 e. The van der Waals surface area contributed by atoms with Crippen molar-refractivity contribution < 1.29 is 24.2 Å². The van der Waals surface area contributed by atoms with Gasteiger partial charge in [-0.3, -0.25) is 9.59 Å². The fourth-order valence-electron chi connectivity index (χ4n) is 3.20. The summed E-state index contributed by atoms with van der Waals surface area (Å²) < 4.78 is 11.1. The molecule has 1 amide bonds. The summed E-state index contributed by atoms with van der Waals surface area (Å²) in [4.78, 5) is 27.4. The summed E-state index contributed by atoms with van der Waals surface area (Å²) in [7, 11) is 0. The number of para-hydroxylation sites is 1. The van der Waals surface area contributed by atoms with E-state index < -0.39 is 11.9 Å². The molecule has 0 saturated heterocycles. The van der Waals surface area contributed by atoms with Gasteiger partial charge in [-0.1, -0.05) is 24.3 Å². The van der Waals surface area contributed by atoms with Gasteiger partial charge in [-0.15, -0.1) is 0 Å². The van der Waals surface area contributed by atoms with Crippen molar-refractivity contribution in [2.45, 2.75) is 25.8 Å². The number of amides is 1. The number of carboxylic acid groups (broad SMARTS) is 1. The Morgan fingerprint density at radius 3 is 2.46 bits per heavy atom. The molecule has 2 aromatic rings. The van der Waals surface area contributed by atoms with E-state index in [2.05, 4.69) is 10.3 Å². The van der Waals surface area contributed by atoms with Crippen molar-refractivity contribution in [2.24, 2.45) is 11.8 Å². The Kier molecular flexibility index (Phi) is 6.84. The number of nitrogens with zero attached hydrogens (tertiary/aromatic N) is 1. The average Bonchev–Trinajstić information content (AvgIpc) is 3.22. The van der Waals surface area contributed by atoms with Crippen LogP contribution in [0.1, 0.15) is 24.8 Å². The molecule has 7 nitrogen and oxygen atoms in total. The van der Waals surface area contributed by atoms with E-state index in [4.69, 9.17) is 14.6 Å². The first-order valence-corrected chi connectivity index (χ1v) is 9.38. The topological polar surface area (TPSA) is 97.8 Å². The van der Waals surface area contributed by atoms with Gasteiger partial charge in [-0.25, -0.2) is 4.98 Å². The molecule has 1 saturated carbocycles. The molecule has 28 heavy (non-hydrogen) atoms. The van der Waals surface area contributed by atoms with Crippen molar-refractivity contribution in [2.75, 3.05) is 13.2 Å². The number of hydrogen-bond acceptors (Lipinski definition) is 5. The first-order valence-electron chi connectivity index (χ1n) is 9.38. The van der Waals surface area contributed by atoms with E-state index in [1.54, 1.807) is 12.3 Å². The Morgan fingerprint density at radius 1 is 1.04 bits per heavy atom. The van der Waals surface area contributed by atoms with Gasteiger partial charge in [0.2, 0.25) is 11.8 Å². The first-order chi connectivity index (χ1) is 13.6. The summed E-state index contributed by atoms with van der Waals surface area (Å²) in [5, 5.41) is 11.9. The summed E-state index contributed by atoms with van der Waals surface area (Å²) in [6.07, 6.45) is 3.26. The van der Waals surface area contributed by atoms with Crippen LogP contribution in [0.3, 0.4) is 0 Å². The summed E-state index contributed by atoms with van der Waals surface area (Å²) in [5.41, 5.74) is 0.856. The fraction of sp³-hybridized carbons (Fsp3) is 0.381. The second kappa shape index (κ2) is 9.73. The molecule has 0 unspecified atom stereocenters. The molecule has 0 bridgehead atoms. The van der Waals surface area contributed by atoms with Crippen LogP contribution in [0.4, 0.5) is 0 Å². The normalized spacial score (nSPS) is 18.4. The van der Waals surface area contributed by atoms with Gasteiger partial charge in [0, 0.05) is 24.7 Å². The van der Waals surface area contributed by atoms with Crippen molar-refractivity contribution in [3.05, 3.63) is 54.2 Å². The number of benzene rings is 1. The highest BCUT2D eigenvalue weighted by Gasteiger charge is 2.33. The summed E-state index contributed by atoms with van der Waals surface area (Å²) >= 11 is 0. The van der Waals surface area contributed by atoms with Gasteiger partial charge < -0.3 is 19.9 Å². The van der Waals surface area contributed by atoms with Crippen LogP contribution in [-0.2, 0) is 16.1 Å². The first kappa shape index (κ1) is 19.7. The maximum atomic E-state index is 12.2. The molecule has 0 aliphatic heterocycles. The zero-order valence-corrected chi connectivity index (χ0v) is 15.5. The molecule has 3 rings (SSSR count). The molecule has 1 aliphatic rings. The monoisotopic (exact) mass is 384 g/mol. The highest BCUT2D eigenvalue weighted by atomic mass is 16.5. The van der Waals surface area contributed by atoms with Gasteiger partial charge in [0.1, 0.15) is 19.0 Å². The maximum absolute atomic E-state index is 12.2. The van der Waals surface area contributed by atoms with E-state index in [0.29, 0.717) is 44.9 Å². The van der Waals surface area contributed by atoms with Gasteiger partial charge in [-0.05, 0) is 37.0 Å². The van der Waals surface area contributed by atoms with E-state index in [9.17, 15) is 9.59 Å². The van der Waals surface area contributed by atoms with Crippen LogP contribution in [0, 0.1) is 11.8 Å². The van der Waals surface area contributed by atoms with Gasteiger partial charge in [0.25, 0.3) is 0 Å². The number of ether oxygens (including phenoxy) is 2. The third-order valence-electron chi connectivity index (χ3n) is 4.76. The minimum atomic E-state index is -0.816. The predicted molar refractivity (Wildman–Crippen MR) is 102 cm³/mol. The zero-order valence-electron chi connectivity index (χ0n) is 15.5. The highest BCUT2D eigenvalue weighted by Crippen LogP contribution is 2.31. The lowest BCUT2D eigenvalue weighted by atomic mass is 10.0. The highest BCUT2D eigenvalue weighted by molar-refractivity contribution is 5.80. The Morgan fingerprint density at radius 2 is 1.79 bits per heavy atom. The molecule has 1 aromatic carbocycles. The van der Waals surface area contributed by atoms with Crippen LogP contribution < -0.4 is 14.8 Å². The van der Waals surface area contributed by atoms with Crippen molar-refractivity contribution in [1.29, 1.82) is 0 Å². The lowest BCUT2D eigenvalue weighted by Crippen LogP contribution is -2.29. The smallest absolute Gasteiger partial charge is 0.306 e. The molecule has 7 heteroatoms. The number of aromatic nitrogens is 1. The lowest BCUT2D eigenvalue weighted by molar-refractivity contribution is -0.141. The van der Waals surface area contributed by atoms with Crippen LogP contribution in [0.2, 0.25) is 0 Å². The molecule has 2 atom stereocenters. The Bertz CT molecular complexity index is 779. The summed E-state index contributed by atoms with van der Waals surface area (Å²) in [5.74, 6) is -0.249. The number of rotatable bonds is 9. The number of hydrogen-bond donors (Lipinski definition) is 2. The van der Waals surface area contributed by atoms with Crippen LogP contribution in [0.25, 0.3) is 0 Å². The molecule has 0 radical (unpaired) electrons. The molecular weight excluding hydrogens is 360 g/mol. The van der Waals surface area contributed by atoms with Crippen LogP contribution in [-0.4, -0.2) is 35.2 Å². The van der Waals surface area contributed by atoms with Crippen molar-refractivity contribution in [3.8, 4) is 11.6 Å². The molecule has 1 aromatic heterocycles. The van der Waals surface area contributed by atoms with E-state index >= 15 is 0 Å². The minimum absolute atomic E-state index is 0.0952. The quantitative estimate of drug-likeness (QED) is 0.645. The lowest BCUT2D eigenvalue weighted by Gasteiger charge is -2.11. The number of nitrogens with one attached hydrogen (secondary N) is 1. The Hall–Kier alpha value is -3.09. The molecule has 1 heterocycles. The zero-order chi connectivity index (χ0) is 19.8. The second-order valence-corrected chi connectivity index (χ2v) is 6.78. The third-order valence-corrected chi connectivity index (χ3v) is 4.76. The molecular formula is C21H24N2O5. The Balaban J connectivity index is 1.36. The minimum Gasteiger partial charge on any atom is -0.490 e. The standard InChI is InChI=1S/C21H24N2O5/c24-20(16-7-8-17(12-16)21(25)26)23-14-15-6-9-19(22-13-15)28-11-10-27-18-4-2-1-3-5-18/h1-6,9,13,16-17H,7-8,10-12,14H2,(H,23,24)(H,25,26)/t16-,17+/m0/s1. The van der Waals surface area contributed by atoms with Crippen molar-refractivity contribution in [1.82, 2.24) is 10.3 Å². The number of carbonyl (C=O) groups excluding carboxylic acids is 1. The molecule has 2 N–H and O–H groups in total. The van der Waals surface area contributed by atoms with Gasteiger partial charge in [0.05, 0.1) is 5.92 Å². The SMILES string of the molecule is O=C(O)[C@@H]1CC[C@H](C(=O)NCc2ccc(OCCOc3ccccc3)nc2)C1. The van der Waals surface area contributed by atoms with E-state index in [-0.39, 0.29) is 11.8 Å². The largest absolute Gasteiger partial charge is 0.490 e.